The van der Waals surface area contributed by atoms with Gasteiger partial charge < -0.3 is 19.8 Å². The minimum absolute atomic E-state index is 0. The molecule has 0 aliphatic rings. The average Bonchev–Trinajstić information content (AvgIpc) is 2.67. The Hall–Kier alpha value is -2.62. The summed E-state index contributed by atoms with van der Waals surface area (Å²) in [4.78, 5) is 20.1. The van der Waals surface area contributed by atoms with E-state index in [2.05, 4.69) is 0 Å². The Labute approximate surface area is 180 Å². The van der Waals surface area contributed by atoms with Crippen LogP contribution < -0.4 is 10.2 Å². The predicted octanol–water partition coefficient (Wildman–Crippen LogP) is -0.555. The van der Waals surface area contributed by atoms with Crippen molar-refractivity contribution in [2.75, 3.05) is 0 Å². The van der Waals surface area contributed by atoms with Gasteiger partial charge in [-0.1, -0.05) is 36.4 Å². The molecule has 0 unspecified atom stereocenters. The zero-order chi connectivity index (χ0) is 21.2. The summed E-state index contributed by atoms with van der Waals surface area (Å²) in [5.41, 5.74) is 0. The van der Waals surface area contributed by atoms with Gasteiger partial charge in [0.1, 0.15) is 0 Å². The summed E-state index contributed by atoms with van der Waals surface area (Å²) >= 11 is 0. The Balaban J connectivity index is 0.000000523. The molecule has 2 rings (SSSR count). The number of hydrogen-bond donors (Lipinski definition) is 0. The quantitative estimate of drug-likeness (QED) is 0.389. The van der Waals surface area contributed by atoms with Crippen molar-refractivity contribution in [3.63, 3.8) is 0 Å². The fourth-order valence-electron chi connectivity index (χ4n) is 1.67. The van der Waals surface area contributed by atoms with E-state index in [4.69, 9.17) is 0 Å². The maximum absolute atomic E-state index is 11.4. The molecular weight excluding hydrogens is 474 g/mol. The van der Waals surface area contributed by atoms with Gasteiger partial charge in [-0.25, -0.2) is 16.8 Å². The minimum Gasteiger partial charge on any atom is -0.545 e. The molecule has 0 aliphatic heterocycles. The topological polar surface area (TPSA) is 149 Å². The number of carboxylic acids is 2. The number of carbonyl (C=O) groups is 2. The molecule has 0 fully saturated rings. The summed E-state index contributed by atoms with van der Waals surface area (Å²) in [6.45, 7) is 0. The monoisotopic (exact) mass is 486 g/mol. The minimum atomic E-state index is -3.66. The van der Waals surface area contributed by atoms with Crippen LogP contribution in [0, 0.1) is 0 Å². The van der Waals surface area contributed by atoms with Crippen LogP contribution in [0.4, 0.5) is 0 Å². The molecule has 0 aromatic heterocycles. The third-order valence-corrected chi connectivity index (χ3v) is 5.76. The molecule has 0 saturated heterocycles. The van der Waals surface area contributed by atoms with Gasteiger partial charge in [0.25, 0.3) is 0 Å². The van der Waals surface area contributed by atoms with Crippen molar-refractivity contribution < 1.29 is 56.1 Å². The van der Waals surface area contributed by atoms with E-state index in [9.17, 15) is 36.6 Å². The molecule has 0 amide bonds. The first-order valence-electron chi connectivity index (χ1n) is 7.43. The molecule has 0 bridgehead atoms. The van der Waals surface area contributed by atoms with Crippen molar-refractivity contribution in [2.45, 2.75) is 9.79 Å². The summed E-state index contributed by atoms with van der Waals surface area (Å²) in [5, 5.41) is 21.2. The van der Waals surface area contributed by atoms with Crippen LogP contribution in [-0.4, -0.2) is 28.8 Å². The molecule has 2 aromatic rings. The first kappa shape index (κ1) is 26.4. The number of sulfone groups is 2. The number of carbonyl (C=O) groups excluding carboxylic acids is 2. The number of aliphatic carboxylic acids is 2. The molecule has 0 N–H and O–H groups in total. The molecule has 0 saturated carbocycles. The van der Waals surface area contributed by atoms with Crippen LogP contribution in [0.3, 0.4) is 0 Å². The van der Waals surface area contributed by atoms with Gasteiger partial charge in [0.2, 0.25) is 0 Å². The van der Waals surface area contributed by atoms with Crippen LogP contribution in [0.5, 0.6) is 0 Å². The van der Waals surface area contributed by atoms with Crippen LogP contribution in [0.25, 0.3) is 0 Å². The second kappa shape index (κ2) is 12.1. The zero-order valence-corrected chi connectivity index (χ0v) is 19.5. The molecule has 0 aliphatic carbocycles. The smallest absolute Gasteiger partial charge is 0.545 e. The maximum atomic E-state index is 11.4. The van der Waals surface area contributed by atoms with Crippen LogP contribution in [-0.2, 0) is 48.7 Å². The molecule has 148 valence electrons. The van der Waals surface area contributed by atoms with Crippen molar-refractivity contribution in [3.8, 4) is 0 Å². The number of hydrogen-bond acceptors (Lipinski definition) is 8. The number of rotatable bonds is 6. The second-order valence-electron chi connectivity index (χ2n) is 4.96. The van der Waals surface area contributed by atoms with Gasteiger partial charge in [-0.05, 0) is 36.4 Å². The van der Waals surface area contributed by atoms with Crippen LogP contribution in [0.15, 0.2) is 93.4 Å². The van der Waals surface area contributed by atoms with E-state index in [0.29, 0.717) is 23.0 Å². The maximum Gasteiger partial charge on any atom is 2.00 e. The summed E-state index contributed by atoms with van der Waals surface area (Å²) in [7, 11) is -7.31. The third kappa shape index (κ3) is 9.93. The Morgan fingerprint density at radius 2 is 0.897 bits per heavy atom. The number of carboxylic acid groups (broad SMARTS) is 2. The Morgan fingerprint density at radius 1 is 0.621 bits per heavy atom. The van der Waals surface area contributed by atoms with Crippen LogP contribution >= 0.6 is 0 Å². The van der Waals surface area contributed by atoms with Crippen molar-refractivity contribution in [1.29, 1.82) is 0 Å². The van der Waals surface area contributed by atoms with E-state index in [1.807, 2.05) is 0 Å². The summed E-state index contributed by atoms with van der Waals surface area (Å²) in [5.74, 6) is -3.07. The number of benzene rings is 2. The molecule has 11 heteroatoms. The van der Waals surface area contributed by atoms with Crippen molar-refractivity contribution in [3.05, 3.63) is 83.6 Å². The standard InChI is InChI=1S/2C9H8O4S.Zn/c2*10-9(11)6-7-14(12,13)8-4-2-1-3-5-8;/h2*1-7H,(H,10,11);/q;;+2/p-2/b2*7-6+;. The van der Waals surface area contributed by atoms with E-state index >= 15 is 0 Å². The van der Waals surface area contributed by atoms with Crippen molar-refractivity contribution in [2.24, 2.45) is 0 Å². The first-order chi connectivity index (χ1) is 13.0. The zero-order valence-electron chi connectivity index (χ0n) is 14.9. The van der Waals surface area contributed by atoms with Crippen LogP contribution in [0.2, 0.25) is 0 Å². The normalized spacial score (nSPS) is 11.3. The van der Waals surface area contributed by atoms with Crippen molar-refractivity contribution in [1.82, 2.24) is 0 Å². The van der Waals surface area contributed by atoms with E-state index in [-0.39, 0.29) is 29.3 Å². The average molecular weight is 488 g/mol. The van der Waals surface area contributed by atoms with Gasteiger partial charge in [0.05, 0.1) is 21.7 Å². The molecule has 8 nitrogen and oxygen atoms in total. The van der Waals surface area contributed by atoms with E-state index < -0.39 is 31.6 Å². The predicted molar refractivity (Wildman–Crippen MR) is 95.5 cm³/mol. The fraction of sp³-hybridized carbons (Fsp3) is 0. The molecule has 0 spiro atoms. The third-order valence-electron chi connectivity index (χ3n) is 2.91. The molecule has 2 aromatic carbocycles. The Kier molecular flexibility index (Phi) is 11.0. The van der Waals surface area contributed by atoms with E-state index in [0.717, 1.165) is 0 Å². The van der Waals surface area contributed by atoms with Crippen LogP contribution in [0.1, 0.15) is 0 Å². The van der Waals surface area contributed by atoms with E-state index in [1.165, 1.54) is 24.3 Å². The molecular formula is C18H14O8S2Zn. The first-order valence-corrected chi connectivity index (χ1v) is 10.5. The van der Waals surface area contributed by atoms with E-state index in [1.54, 1.807) is 36.4 Å². The van der Waals surface area contributed by atoms with Gasteiger partial charge in [-0.3, -0.25) is 0 Å². The van der Waals surface area contributed by atoms with Gasteiger partial charge in [-0.15, -0.1) is 0 Å². The Morgan fingerprint density at radius 3 is 1.14 bits per heavy atom. The SMILES string of the molecule is O=C([O-])/C=C/S(=O)(=O)c1ccccc1.O=C([O-])/C=C/S(=O)(=O)c1ccccc1.[Zn+2]. The van der Waals surface area contributed by atoms with Crippen molar-refractivity contribution >= 4 is 31.6 Å². The van der Waals surface area contributed by atoms with Gasteiger partial charge in [0, 0.05) is 10.8 Å². The summed E-state index contributed by atoms with van der Waals surface area (Å²) in [6, 6.07) is 15.1. The fourth-order valence-corrected chi connectivity index (χ4v) is 3.64. The van der Waals surface area contributed by atoms with Gasteiger partial charge in [-0.2, -0.15) is 0 Å². The van der Waals surface area contributed by atoms with Gasteiger partial charge in [0.15, 0.2) is 19.7 Å². The molecule has 0 atom stereocenters. The largest absolute Gasteiger partial charge is 2.00 e. The second-order valence-corrected chi connectivity index (χ2v) is 8.63. The molecule has 29 heavy (non-hydrogen) atoms. The Bertz CT molecular complexity index is 986. The van der Waals surface area contributed by atoms with Gasteiger partial charge >= 0.3 is 19.5 Å². The molecule has 0 radical (unpaired) electrons. The summed E-state index contributed by atoms with van der Waals surface area (Å²) < 4.78 is 45.4. The summed E-state index contributed by atoms with van der Waals surface area (Å²) in [6.07, 6.45) is 0.977. The molecule has 0 heterocycles.